The lowest BCUT2D eigenvalue weighted by Gasteiger charge is -2.13. The first-order valence-corrected chi connectivity index (χ1v) is 7.19. The van der Waals surface area contributed by atoms with Crippen LogP contribution in [0.3, 0.4) is 0 Å². The Bertz CT molecular complexity index is 590. The number of carbonyl (C=O) groups is 1. The first kappa shape index (κ1) is 15.4. The molecule has 0 spiro atoms. The zero-order valence-corrected chi connectivity index (χ0v) is 12.5. The number of halogens is 1. The van der Waals surface area contributed by atoms with Gasteiger partial charge in [-0.2, -0.15) is 0 Å². The Labute approximate surface area is 129 Å². The van der Waals surface area contributed by atoms with Crippen molar-refractivity contribution in [1.29, 1.82) is 0 Å². The average Bonchev–Trinajstić information content (AvgIpc) is 2.48. The number of rotatable bonds is 6. The molecule has 2 rings (SSSR count). The van der Waals surface area contributed by atoms with Crippen LogP contribution in [-0.4, -0.2) is 17.2 Å². The van der Waals surface area contributed by atoms with Gasteiger partial charge in [-0.15, -0.1) is 0 Å². The first-order valence-electron chi connectivity index (χ1n) is 6.81. The maximum absolute atomic E-state index is 10.9. The Balaban J connectivity index is 2.01. The summed E-state index contributed by atoms with van der Waals surface area (Å²) in [4.78, 5) is 10.9. The number of ether oxygens (including phenoxy) is 1. The number of aliphatic carboxylic acids is 1. The van der Waals surface area contributed by atoms with Gasteiger partial charge in [0.05, 0.1) is 0 Å². The van der Waals surface area contributed by atoms with E-state index in [4.69, 9.17) is 21.4 Å². The quantitative estimate of drug-likeness (QED) is 0.871. The van der Waals surface area contributed by atoms with E-state index in [1.54, 1.807) is 19.1 Å². The lowest BCUT2D eigenvalue weighted by atomic mass is 10.1. The van der Waals surface area contributed by atoms with Crippen LogP contribution in [0.5, 0.6) is 5.75 Å². The highest BCUT2D eigenvalue weighted by molar-refractivity contribution is 6.30. The van der Waals surface area contributed by atoms with Crippen molar-refractivity contribution < 1.29 is 14.6 Å². The van der Waals surface area contributed by atoms with Crippen LogP contribution in [0.1, 0.15) is 24.5 Å². The molecule has 21 heavy (non-hydrogen) atoms. The summed E-state index contributed by atoms with van der Waals surface area (Å²) in [5.41, 5.74) is 2.30. The lowest BCUT2D eigenvalue weighted by Crippen LogP contribution is -2.25. The van der Waals surface area contributed by atoms with Gasteiger partial charge in [0, 0.05) is 5.02 Å². The predicted molar refractivity (Wildman–Crippen MR) is 83.0 cm³/mol. The SMILES string of the molecule is CCC(Oc1ccc(Cc2ccc(Cl)cc2)cc1)C(=O)O. The molecule has 0 amide bonds. The molecular formula is C17H17ClO3. The van der Waals surface area contributed by atoms with Crippen LogP contribution >= 0.6 is 11.6 Å². The zero-order valence-electron chi connectivity index (χ0n) is 11.8. The van der Waals surface area contributed by atoms with Crippen LogP contribution in [0.15, 0.2) is 48.5 Å². The molecule has 110 valence electrons. The minimum absolute atomic E-state index is 0.432. The Morgan fingerprint density at radius 3 is 2.10 bits per heavy atom. The van der Waals surface area contributed by atoms with Gasteiger partial charge >= 0.3 is 5.97 Å². The molecular weight excluding hydrogens is 288 g/mol. The van der Waals surface area contributed by atoms with Gasteiger partial charge < -0.3 is 9.84 Å². The highest BCUT2D eigenvalue weighted by Gasteiger charge is 2.16. The van der Waals surface area contributed by atoms with E-state index in [9.17, 15) is 4.79 Å². The van der Waals surface area contributed by atoms with Crippen molar-refractivity contribution in [2.24, 2.45) is 0 Å². The van der Waals surface area contributed by atoms with Crippen molar-refractivity contribution >= 4 is 17.6 Å². The van der Waals surface area contributed by atoms with Gasteiger partial charge in [0.25, 0.3) is 0 Å². The molecule has 2 aromatic carbocycles. The molecule has 0 fully saturated rings. The minimum atomic E-state index is -0.942. The number of benzene rings is 2. The molecule has 0 saturated carbocycles. The monoisotopic (exact) mass is 304 g/mol. The fourth-order valence-corrected chi connectivity index (χ4v) is 2.12. The molecule has 4 heteroatoms. The van der Waals surface area contributed by atoms with Crippen molar-refractivity contribution in [1.82, 2.24) is 0 Å². The largest absolute Gasteiger partial charge is 0.479 e. The molecule has 1 atom stereocenters. The van der Waals surface area contributed by atoms with E-state index in [0.717, 1.165) is 17.0 Å². The van der Waals surface area contributed by atoms with E-state index in [0.29, 0.717) is 12.2 Å². The van der Waals surface area contributed by atoms with Crippen LogP contribution in [-0.2, 0) is 11.2 Å². The summed E-state index contributed by atoms with van der Waals surface area (Å²) >= 11 is 5.86. The maximum Gasteiger partial charge on any atom is 0.344 e. The molecule has 0 aliphatic rings. The van der Waals surface area contributed by atoms with Gasteiger partial charge in [-0.3, -0.25) is 0 Å². The van der Waals surface area contributed by atoms with Crippen molar-refractivity contribution in [3.05, 3.63) is 64.7 Å². The first-order chi connectivity index (χ1) is 10.1. The lowest BCUT2D eigenvalue weighted by molar-refractivity contribution is -0.145. The highest BCUT2D eigenvalue weighted by atomic mass is 35.5. The fourth-order valence-electron chi connectivity index (χ4n) is 2.00. The molecule has 0 saturated heterocycles. The van der Waals surface area contributed by atoms with E-state index < -0.39 is 12.1 Å². The maximum atomic E-state index is 10.9. The van der Waals surface area contributed by atoms with Gasteiger partial charge in [0.15, 0.2) is 6.10 Å². The second kappa shape index (κ2) is 7.14. The number of carboxylic acid groups (broad SMARTS) is 1. The molecule has 0 bridgehead atoms. The Morgan fingerprint density at radius 1 is 1.10 bits per heavy atom. The van der Waals surface area contributed by atoms with Gasteiger partial charge in [-0.25, -0.2) is 4.79 Å². The number of hydrogen-bond acceptors (Lipinski definition) is 2. The molecule has 1 N–H and O–H groups in total. The smallest absolute Gasteiger partial charge is 0.344 e. The Hall–Kier alpha value is -2.00. The van der Waals surface area contributed by atoms with E-state index in [-0.39, 0.29) is 0 Å². The number of carboxylic acids is 1. The predicted octanol–water partition coefficient (Wildman–Crippen LogP) is 4.17. The van der Waals surface area contributed by atoms with E-state index in [1.165, 1.54) is 5.56 Å². The van der Waals surface area contributed by atoms with Crippen molar-refractivity contribution in [3.8, 4) is 5.75 Å². The molecule has 1 unspecified atom stereocenters. The second-order valence-corrected chi connectivity index (χ2v) is 5.24. The summed E-state index contributed by atoms with van der Waals surface area (Å²) in [6.45, 7) is 1.79. The molecule has 0 radical (unpaired) electrons. The van der Waals surface area contributed by atoms with Gasteiger partial charge in [0.2, 0.25) is 0 Å². The average molecular weight is 305 g/mol. The van der Waals surface area contributed by atoms with Crippen LogP contribution in [0.4, 0.5) is 0 Å². The molecule has 0 heterocycles. The third-order valence-electron chi connectivity index (χ3n) is 3.17. The van der Waals surface area contributed by atoms with Gasteiger partial charge in [0.1, 0.15) is 5.75 Å². The third-order valence-corrected chi connectivity index (χ3v) is 3.42. The standard InChI is InChI=1S/C17H17ClO3/c1-2-16(17(19)20)21-15-9-5-13(6-10-15)11-12-3-7-14(18)8-4-12/h3-10,16H,2,11H2,1H3,(H,19,20). The van der Waals surface area contributed by atoms with E-state index in [2.05, 4.69) is 0 Å². The van der Waals surface area contributed by atoms with Crippen LogP contribution in [0.2, 0.25) is 5.02 Å². The Morgan fingerprint density at radius 2 is 1.62 bits per heavy atom. The van der Waals surface area contributed by atoms with Gasteiger partial charge in [-0.05, 0) is 48.2 Å². The van der Waals surface area contributed by atoms with Crippen molar-refractivity contribution in [3.63, 3.8) is 0 Å². The Kier molecular flexibility index (Phi) is 5.23. The summed E-state index contributed by atoms with van der Waals surface area (Å²) < 4.78 is 5.43. The van der Waals surface area contributed by atoms with Crippen molar-refractivity contribution in [2.45, 2.75) is 25.9 Å². The molecule has 0 aromatic heterocycles. The summed E-state index contributed by atoms with van der Waals surface area (Å²) in [7, 11) is 0. The molecule has 3 nitrogen and oxygen atoms in total. The topological polar surface area (TPSA) is 46.5 Å². The fraction of sp³-hybridized carbons (Fsp3) is 0.235. The summed E-state index contributed by atoms with van der Waals surface area (Å²) in [6, 6.07) is 15.2. The highest BCUT2D eigenvalue weighted by Crippen LogP contribution is 2.18. The van der Waals surface area contributed by atoms with Crippen LogP contribution in [0, 0.1) is 0 Å². The summed E-state index contributed by atoms with van der Waals surface area (Å²) in [5.74, 6) is -0.369. The second-order valence-electron chi connectivity index (χ2n) is 4.80. The van der Waals surface area contributed by atoms with Crippen LogP contribution in [0.25, 0.3) is 0 Å². The van der Waals surface area contributed by atoms with Crippen LogP contribution < -0.4 is 4.74 Å². The molecule has 0 aliphatic heterocycles. The molecule has 2 aromatic rings. The zero-order chi connectivity index (χ0) is 15.2. The van der Waals surface area contributed by atoms with E-state index in [1.807, 2.05) is 36.4 Å². The van der Waals surface area contributed by atoms with Gasteiger partial charge in [-0.1, -0.05) is 42.8 Å². The molecule has 0 aliphatic carbocycles. The van der Waals surface area contributed by atoms with E-state index >= 15 is 0 Å². The summed E-state index contributed by atoms with van der Waals surface area (Å²) in [6.07, 6.45) is 0.433. The normalized spacial score (nSPS) is 11.9. The minimum Gasteiger partial charge on any atom is -0.479 e. The number of hydrogen-bond donors (Lipinski definition) is 1. The van der Waals surface area contributed by atoms with Crippen molar-refractivity contribution in [2.75, 3.05) is 0 Å². The third kappa shape index (κ3) is 4.50. The summed E-state index contributed by atoms with van der Waals surface area (Å²) in [5, 5.41) is 9.69.